The zero-order valence-electron chi connectivity index (χ0n) is 11.6. The number of hydroxylamine groups is 1. The average Bonchev–Trinajstić information content (AvgIpc) is 2.99. The van der Waals surface area contributed by atoms with E-state index in [4.69, 9.17) is 11.6 Å². The minimum atomic E-state index is -0.615. The highest BCUT2D eigenvalue weighted by atomic mass is 16.5. The van der Waals surface area contributed by atoms with Crippen molar-refractivity contribution in [1.29, 1.82) is 0 Å². The predicted octanol–water partition coefficient (Wildman–Crippen LogP) is 0.608. The third-order valence-electron chi connectivity index (χ3n) is 2.53. The van der Waals surface area contributed by atoms with E-state index in [-0.39, 0.29) is 5.56 Å². The van der Waals surface area contributed by atoms with Gasteiger partial charge in [-0.1, -0.05) is 0 Å². The minimum absolute atomic E-state index is 0.285. The highest BCUT2D eigenvalue weighted by molar-refractivity contribution is 5.96. The van der Waals surface area contributed by atoms with Crippen molar-refractivity contribution in [2.45, 2.75) is 0 Å². The Balaban J connectivity index is 2.26. The molecule has 0 radical (unpaired) electrons. The number of fused-ring (bicyclic) bond motifs is 1. The molecule has 5 nitrogen and oxygen atoms in total. The fourth-order valence-electron chi connectivity index (χ4n) is 1.58. The average molecular weight is 297 g/mol. The summed E-state index contributed by atoms with van der Waals surface area (Å²) in [6.45, 7) is 0. The molecule has 1 amide bonds. The number of carbonyl (C=O) groups excluding carboxylic acids is 1. The molecule has 1 heterocycles. The lowest BCUT2D eigenvalue weighted by atomic mass is 10.2. The molecule has 0 aliphatic heterocycles. The van der Waals surface area contributed by atoms with Gasteiger partial charge in [-0.2, -0.15) is 0 Å². The highest BCUT2D eigenvalue weighted by Gasteiger charge is 2.07. The molecule has 0 bridgehead atoms. The fourth-order valence-corrected chi connectivity index (χ4v) is 1.58. The molecule has 2 N–H and O–H groups in total. The molecule has 0 saturated heterocycles. The lowest BCUT2D eigenvalue weighted by Crippen LogP contribution is -2.18. The number of amides is 1. The standard InChI is InChI=1S/C18H7N3O2/c1-2-3-4-5-6-7-8-9-12-21-14-19-16-11-10-15(13-17(16)21)18(22)20-23/h1,10-11,13-14,23H,(H,20,22). The number of benzene rings is 1. The Morgan fingerprint density at radius 1 is 1.13 bits per heavy atom. The van der Waals surface area contributed by atoms with Gasteiger partial charge in [-0.25, -0.2) is 10.5 Å². The van der Waals surface area contributed by atoms with E-state index >= 15 is 0 Å². The molecule has 23 heavy (non-hydrogen) atoms. The summed E-state index contributed by atoms with van der Waals surface area (Å²) in [4.78, 5) is 15.6. The molecule has 1 aromatic carbocycles. The van der Waals surface area contributed by atoms with E-state index in [0.29, 0.717) is 11.0 Å². The number of terminal acetylenes is 1. The Kier molecular flexibility index (Phi) is 5.08. The quantitative estimate of drug-likeness (QED) is 0.460. The van der Waals surface area contributed by atoms with Gasteiger partial charge in [-0.3, -0.25) is 14.6 Å². The topological polar surface area (TPSA) is 67.2 Å². The Morgan fingerprint density at radius 3 is 2.52 bits per heavy atom. The molecule has 0 saturated carbocycles. The van der Waals surface area contributed by atoms with Gasteiger partial charge in [0.2, 0.25) is 0 Å². The van der Waals surface area contributed by atoms with Crippen LogP contribution in [0.4, 0.5) is 0 Å². The maximum atomic E-state index is 11.4. The van der Waals surface area contributed by atoms with Crippen molar-refractivity contribution < 1.29 is 10.0 Å². The number of nitrogens with one attached hydrogen (secondary N) is 1. The van der Waals surface area contributed by atoms with Crippen LogP contribution in [0.2, 0.25) is 0 Å². The molecule has 0 unspecified atom stereocenters. The van der Waals surface area contributed by atoms with Crippen molar-refractivity contribution in [3.05, 3.63) is 30.1 Å². The summed E-state index contributed by atoms with van der Waals surface area (Å²) >= 11 is 0. The van der Waals surface area contributed by atoms with E-state index < -0.39 is 5.91 Å². The molecule has 1 aromatic heterocycles. The van der Waals surface area contributed by atoms with E-state index in [0.717, 1.165) is 0 Å². The van der Waals surface area contributed by atoms with E-state index in [1.54, 1.807) is 23.7 Å². The van der Waals surface area contributed by atoms with Crippen molar-refractivity contribution in [1.82, 2.24) is 15.0 Å². The van der Waals surface area contributed by atoms with Crippen LogP contribution in [0.1, 0.15) is 10.4 Å². The van der Waals surface area contributed by atoms with Crippen LogP contribution >= 0.6 is 0 Å². The molecule has 0 atom stereocenters. The zero-order valence-corrected chi connectivity index (χ0v) is 11.6. The lowest BCUT2D eigenvalue weighted by molar-refractivity contribution is 0.0706. The van der Waals surface area contributed by atoms with Crippen molar-refractivity contribution in [2.24, 2.45) is 0 Å². The third-order valence-corrected chi connectivity index (χ3v) is 2.53. The monoisotopic (exact) mass is 297 g/mol. The van der Waals surface area contributed by atoms with Crippen LogP contribution < -0.4 is 5.48 Å². The van der Waals surface area contributed by atoms with E-state index in [2.05, 4.69) is 58.4 Å². The second kappa shape index (κ2) is 7.64. The van der Waals surface area contributed by atoms with Gasteiger partial charge < -0.3 is 0 Å². The molecular formula is C18H7N3O2. The van der Waals surface area contributed by atoms with Gasteiger partial charge in [0.15, 0.2) is 0 Å². The summed E-state index contributed by atoms with van der Waals surface area (Å²) in [7, 11) is 0. The number of hydrogen-bond acceptors (Lipinski definition) is 3. The summed E-state index contributed by atoms with van der Waals surface area (Å²) in [6, 6.07) is 7.51. The Bertz CT molecular complexity index is 1060. The first-order valence-corrected chi connectivity index (χ1v) is 6.14. The smallest absolute Gasteiger partial charge is 0.274 e. The number of rotatable bonds is 1. The lowest BCUT2D eigenvalue weighted by Gasteiger charge is -1.99. The molecule has 106 valence electrons. The first-order valence-electron chi connectivity index (χ1n) is 6.14. The van der Waals surface area contributed by atoms with Gasteiger partial charge in [-0.05, 0) is 41.9 Å². The van der Waals surface area contributed by atoms with E-state index in [1.165, 1.54) is 10.9 Å². The Labute approximate surface area is 132 Å². The van der Waals surface area contributed by atoms with Crippen LogP contribution in [0.3, 0.4) is 0 Å². The summed E-state index contributed by atoms with van der Waals surface area (Å²) in [5, 5.41) is 8.66. The number of aromatic nitrogens is 2. The van der Waals surface area contributed by atoms with Crippen LogP contribution in [0.25, 0.3) is 11.0 Å². The molecule has 2 aromatic rings. The van der Waals surface area contributed by atoms with Crippen molar-refractivity contribution in [3.8, 4) is 59.8 Å². The first kappa shape index (κ1) is 15.3. The summed E-state index contributed by atoms with van der Waals surface area (Å²) in [6.07, 6.45) is 6.44. The summed E-state index contributed by atoms with van der Waals surface area (Å²) in [5.74, 6) is 18.9. The van der Waals surface area contributed by atoms with Gasteiger partial charge in [0.1, 0.15) is 6.33 Å². The summed E-state index contributed by atoms with van der Waals surface area (Å²) < 4.78 is 1.52. The number of carbonyl (C=O) groups is 1. The van der Waals surface area contributed by atoms with Gasteiger partial charge in [-0.15, -0.1) is 6.42 Å². The molecule has 0 fully saturated rings. The van der Waals surface area contributed by atoms with Gasteiger partial charge in [0.25, 0.3) is 5.91 Å². The van der Waals surface area contributed by atoms with Crippen LogP contribution in [0.15, 0.2) is 24.5 Å². The number of hydrogen-bond donors (Lipinski definition) is 2. The van der Waals surface area contributed by atoms with Crippen LogP contribution in [0, 0.1) is 59.8 Å². The largest absolute Gasteiger partial charge is 0.288 e. The van der Waals surface area contributed by atoms with E-state index in [9.17, 15) is 4.79 Å². The van der Waals surface area contributed by atoms with Gasteiger partial charge >= 0.3 is 0 Å². The van der Waals surface area contributed by atoms with Crippen molar-refractivity contribution >= 4 is 16.9 Å². The maximum Gasteiger partial charge on any atom is 0.274 e. The molecule has 0 spiro atoms. The van der Waals surface area contributed by atoms with Crippen LogP contribution in [-0.2, 0) is 0 Å². The molecule has 0 aliphatic carbocycles. The van der Waals surface area contributed by atoms with Gasteiger partial charge in [0.05, 0.1) is 11.0 Å². The first-order chi connectivity index (χ1) is 11.3. The second-order valence-corrected chi connectivity index (χ2v) is 3.89. The Hall–Kier alpha value is -4.08. The predicted molar refractivity (Wildman–Crippen MR) is 84.3 cm³/mol. The maximum absolute atomic E-state index is 11.4. The molecule has 0 aliphatic rings. The van der Waals surface area contributed by atoms with Crippen LogP contribution in [-0.4, -0.2) is 20.7 Å². The van der Waals surface area contributed by atoms with Crippen LogP contribution in [0.5, 0.6) is 0 Å². The summed E-state index contributed by atoms with van der Waals surface area (Å²) in [5.41, 5.74) is 3.13. The number of nitrogens with zero attached hydrogens (tertiary/aromatic N) is 2. The van der Waals surface area contributed by atoms with Crippen molar-refractivity contribution in [2.75, 3.05) is 0 Å². The second-order valence-electron chi connectivity index (χ2n) is 3.89. The normalized spacial score (nSPS) is 7.83. The minimum Gasteiger partial charge on any atom is -0.288 e. The molecule has 5 heteroatoms. The van der Waals surface area contributed by atoms with E-state index in [1.807, 2.05) is 0 Å². The SMILES string of the molecule is C#CC#CC#CC#CC#Cn1cnc2ccc(C(=O)NO)cc21. The molecular weight excluding hydrogens is 290 g/mol. The zero-order chi connectivity index (χ0) is 16.5. The third kappa shape index (κ3) is 3.95. The fraction of sp³-hybridized carbons (Fsp3) is 0. The highest BCUT2D eigenvalue weighted by Crippen LogP contribution is 2.14. The van der Waals surface area contributed by atoms with Gasteiger partial charge in [0, 0.05) is 35.3 Å². The van der Waals surface area contributed by atoms with Crippen molar-refractivity contribution in [3.63, 3.8) is 0 Å². The number of imidazole rings is 1. The molecule has 2 rings (SSSR count). The Morgan fingerprint density at radius 2 is 1.83 bits per heavy atom.